The van der Waals surface area contributed by atoms with Crippen LogP contribution in [0.3, 0.4) is 0 Å². The Morgan fingerprint density at radius 3 is 2.97 bits per heavy atom. The second-order valence-corrected chi connectivity index (χ2v) is 7.90. The first-order valence-corrected chi connectivity index (χ1v) is 10.5. The Balaban J connectivity index is 1.48. The predicted octanol–water partition coefficient (Wildman–Crippen LogP) is 2.87. The fourth-order valence-electron chi connectivity index (χ4n) is 4.01. The number of fused-ring (bicyclic) bond motifs is 1. The molecule has 1 aliphatic heterocycles. The third kappa shape index (κ3) is 4.24. The molecular weight excluding hydrogens is 382 g/mol. The van der Waals surface area contributed by atoms with Crippen molar-refractivity contribution >= 4 is 16.8 Å². The molecule has 0 N–H and O–H groups in total. The lowest BCUT2D eigenvalue weighted by molar-refractivity contribution is 0.113. The average Bonchev–Trinajstić information content (AvgIpc) is 3.21. The van der Waals surface area contributed by atoms with Gasteiger partial charge in [-0.1, -0.05) is 12.1 Å². The van der Waals surface area contributed by atoms with Crippen molar-refractivity contribution in [3.05, 3.63) is 52.8 Å². The molecule has 0 saturated carbocycles. The van der Waals surface area contributed by atoms with Gasteiger partial charge in [0.05, 0.1) is 30.6 Å². The Kier molecular flexibility index (Phi) is 6.15. The van der Waals surface area contributed by atoms with E-state index in [1.807, 2.05) is 36.2 Å². The first-order valence-electron chi connectivity index (χ1n) is 10.5. The van der Waals surface area contributed by atoms with Gasteiger partial charge >= 0.3 is 0 Å². The highest BCUT2D eigenvalue weighted by atomic mass is 16.5. The molecule has 1 aliphatic rings. The van der Waals surface area contributed by atoms with Crippen LogP contribution in [-0.2, 0) is 4.74 Å². The van der Waals surface area contributed by atoms with Gasteiger partial charge in [-0.2, -0.15) is 5.10 Å². The molecule has 8 nitrogen and oxygen atoms in total. The normalized spacial score (nSPS) is 18.6. The summed E-state index contributed by atoms with van der Waals surface area (Å²) in [6.07, 6.45) is 3.70. The number of hydrogen-bond donors (Lipinski definition) is 0. The highest BCUT2D eigenvalue weighted by molar-refractivity contribution is 5.72. The first-order chi connectivity index (χ1) is 14.6. The fraction of sp³-hybridized carbons (Fsp3) is 0.500. The highest BCUT2D eigenvalue weighted by Crippen LogP contribution is 2.29. The Hall–Kier alpha value is -2.71. The Labute approximate surface area is 176 Å². The van der Waals surface area contributed by atoms with Gasteiger partial charge in [-0.15, -0.1) is 0 Å². The summed E-state index contributed by atoms with van der Waals surface area (Å²) in [6.45, 7) is 5.11. The zero-order valence-electron chi connectivity index (χ0n) is 17.8. The summed E-state index contributed by atoms with van der Waals surface area (Å²) in [7, 11) is 3.60. The quantitative estimate of drug-likeness (QED) is 0.592. The van der Waals surface area contributed by atoms with Crippen LogP contribution in [0.5, 0.6) is 0 Å². The molecule has 0 bridgehead atoms. The first kappa shape index (κ1) is 20.6. The Morgan fingerprint density at radius 2 is 2.20 bits per heavy atom. The molecule has 3 heterocycles. The van der Waals surface area contributed by atoms with Crippen LogP contribution in [0.15, 0.2) is 45.7 Å². The second-order valence-electron chi connectivity index (χ2n) is 7.90. The van der Waals surface area contributed by atoms with Gasteiger partial charge in [0.2, 0.25) is 5.89 Å². The summed E-state index contributed by atoms with van der Waals surface area (Å²) in [6, 6.07) is 9.55. The molecule has 30 heavy (non-hydrogen) atoms. The number of anilines is 1. The third-order valence-electron chi connectivity index (χ3n) is 5.87. The number of para-hydroxylation sites is 2. The third-order valence-corrected chi connectivity index (χ3v) is 5.87. The van der Waals surface area contributed by atoms with Gasteiger partial charge in [-0.05, 0) is 38.4 Å². The van der Waals surface area contributed by atoms with Crippen LogP contribution in [-0.4, -0.2) is 60.1 Å². The van der Waals surface area contributed by atoms with Gasteiger partial charge in [0.15, 0.2) is 5.58 Å². The molecule has 4 rings (SSSR count). The molecule has 2 atom stereocenters. The Bertz CT molecular complexity index is 1010. The fourth-order valence-corrected chi connectivity index (χ4v) is 4.01. The standard InChI is InChI=1S/C22H29N5O3/c1-16(22-24-19-8-4-5-9-20(19)30-22)26-10-6-7-17(15-26)27-21(28)13-18(14-23-27)25(2)11-12-29-3/h4-5,8-9,13-14,16-17H,6-7,10-12,15H2,1-3H3/t16-,17-/m0/s1. The number of benzene rings is 1. The molecule has 3 aromatic rings. The zero-order chi connectivity index (χ0) is 21.1. The second kappa shape index (κ2) is 8.97. The van der Waals surface area contributed by atoms with Crippen molar-refractivity contribution in [2.75, 3.05) is 45.3 Å². The van der Waals surface area contributed by atoms with E-state index < -0.39 is 0 Å². The number of hydrogen-bond acceptors (Lipinski definition) is 7. The lowest BCUT2D eigenvalue weighted by Gasteiger charge is -2.35. The molecule has 0 amide bonds. The highest BCUT2D eigenvalue weighted by Gasteiger charge is 2.29. The van der Waals surface area contributed by atoms with E-state index in [9.17, 15) is 4.79 Å². The number of rotatable bonds is 7. The predicted molar refractivity (Wildman–Crippen MR) is 116 cm³/mol. The molecular formula is C22H29N5O3. The van der Waals surface area contributed by atoms with E-state index in [1.54, 1.807) is 24.1 Å². The molecule has 1 saturated heterocycles. The number of oxazole rings is 1. The number of nitrogens with zero attached hydrogens (tertiary/aromatic N) is 5. The number of likely N-dealkylation sites (N-methyl/N-ethyl adjacent to an activating group) is 1. The molecule has 0 spiro atoms. The number of likely N-dealkylation sites (tertiary alicyclic amines) is 1. The minimum atomic E-state index is -0.0712. The van der Waals surface area contributed by atoms with Crippen molar-refractivity contribution in [1.82, 2.24) is 19.7 Å². The van der Waals surface area contributed by atoms with Gasteiger partial charge in [0.25, 0.3) is 5.56 Å². The van der Waals surface area contributed by atoms with Crippen molar-refractivity contribution in [3.63, 3.8) is 0 Å². The topological polar surface area (TPSA) is 76.6 Å². The van der Waals surface area contributed by atoms with Crippen LogP contribution in [0.1, 0.15) is 37.7 Å². The molecule has 0 aliphatic carbocycles. The van der Waals surface area contributed by atoms with E-state index in [2.05, 4.69) is 21.9 Å². The number of ether oxygens (including phenoxy) is 1. The summed E-state index contributed by atoms with van der Waals surface area (Å²) >= 11 is 0. The van der Waals surface area contributed by atoms with Gasteiger partial charge in [0.1, 0.15) is 5.52 Å². The largest absolute Gasteiger partial charge is 0.439 e. The van der Waals surface area contributed by atoms with E-state index in [4.69, 9.17) is 9.15 Å². The maximum atomic E-state index is 12.8. The number of methoxy groups -OCH3 is 1. The van der Waals surface area contributed by atoms with Crippen molar-refractivity contribution < 1.29 is 9.15 Å². The minimum absolute atomic E-state index is 0.0374. The lowest BCUT2D eigenvalue weighted by atomic mass is 10.0. The van der Waals surface area contributed by atoms with Crippen LogP contribution >= 0.6 is 0 Å². The summed E-state index contributed by atoms with van der Waals surface area (Å²) in [5.74, 6) is 0.715. The smallest absolute Gasteiger partial charge is 0.269 e. The molecule has 160 valence electrons. The van der Waals surface area contributed by atoms with Crippen molar-refractivity contribution in [2.24, 2.45) is 0 Å². The van der Waals surface area contributed by atoms with E-state index >= 15 is 0 Å². The maximum absolute atomic E-state index is 12.8. The maximum Gasteiger partial charge on any atom is 0.269 e. The summed E-state index contributed by atoms with van der Waals surface area (Å²) in [4.78, 5) is 21.7. The van der Waals surface area contributed by atoms with Crippen LogP contribution in [0.25, 0.3) is 11.1 Å². The van der Waals surface area contributed by atoms with Crippen molar-refractivity contribution in [3.8, 4) is 0 Å². The number of aromatic nitrogens is 3. The van der Waals surface area contributed by atoms with Crippen molar-refractivity contribution in [1.29, 1.82) is 0 Å². The van der Waals surface area contributed by atoms with E-state index in [0.717, 1.165) is 42.7 Å². The summed E-state index contributed by atoms with van der Waals surface area (Å²) in [5.41, 5.74) is 2.41. The molecule has 0 radical (unpaired) electrons. The van der Waals surface area contributed by atoms with E-state index in [1.165, 1.54) is 0 Å². The van der Waals surface area contributed by atoms with Crippen molar-refractivity contribution in [2.45, 2.75) is 31.8 Å². The van der Waals surface area contributed by atoms with Crippen LogP contribution in [0, 0.1) is 0 Å². The van der Waals surface area contributed by atoms with Crippen LogP contribution in [0.4, 0.5) is 5.69 Å². The molecule has 1 aromatic carbocycles. The van der Waals surface area contributed by atoms with Gasteiger partial charge in [-0.3, -0.25) is 9.69 Å². The molecule has 8 heteroatoms. The minimum Gasteiger partial charge on any atom is -0.439 e. The summed E-state index contributed by atoms with van der Waals surface area (Å²) < 4.78 is 12.7. The van der Waals surface area contributed by atoms with Gasteiger partial charge in [-0.25, -0.2) is 9.67 Å². The van der Waals surface area contributed by atoms with E-state index in [0.29, 0.717) is 19.0 Å². The van der Waals surface area contributed by atoms with Gasteiger partial charge < -0.3 is 14.1 Å². The van der Waals surface area contributed by atoms with Crippen LogP contribution in [0.2, 0.25) is 0 Å². The van der Waals surface area contributed by atoms with E-state index in [-0.39, 0.29) is 17.6 Å². The molecule has 0 unspecified atom stereocenters. The molecule has 1 fully saturated rings. The molecule has 2 aromatic heterocycles. The summed E-state index contributed by atoms with van der Waals surface area (Å²) in [5, 5.41) is 4.49. The number of piperidine rings is 1. The van der Waals surface area contributed by atoms with Gasteiger partial charge in [0, 0.05) is 33.3 Å². The monoisotopic (exact) mass is 411 g/mol. The Morgan fingerprint density at radius 1 is 1.37 bits per heavy atom. The SMILES string of the molecule is COCCN(C)c1cnn([C@H]2CCCN([C@@H](C)c3nc4ccccc4o3)C2)c(=O)c1. The average molecular weight is 412 g/mol. The van der Waals surface area contributed by atoms with Crippen LogP contribution < -0.4 is 10.5 Å². The zero-order valence-corrected chi connectivity index (χ0v) is 17.8. The lowest BCUT2D eigenvalue weighted by Crippen LogP contribution is -2.42.